The summed E-state index contributed by atoms with van der Waals surface area (Å²) in [7, 11) is 0. The Morgan fingerprint density at radius 3 is 2.25 bits per heavy atom. The van der Waals surface area contributed by atoms with Crippen molar-refractivity contribution in [1.82, 2.24) is 0 Å². The molecule has 0 heteroatoms. The van der Waals surface area contributed by atoms with Crippen LogP contribution in [0, 0.1) is 6.08 Å². The minimum atomic E-state index is 1.13. The third kappa shape index (κ3) is 4.73. The molecular weight excluding hydrogens is 144 g/mol. The molecule has 0 unspecified atom stereocenters. The van der Waals surface area contributed by atoms with Crippen LogP contribution in [0.15, 0.2) is 42.5 Å². The summed E-state index contributed by atoms with van der Waals surface area (Å²) in [6, 6.07) is 0. The maximum Gasteiger partial charge on any atom is -0.0187 e. The van der Waals surface area contributed by atoms with Gasteiger partial charge in [-0.05, 0) is 31.8 Å². The summed E-state index contributed by atoms with van der Waals surface area (Å²) < 4.78 is 0. The van der Waals surface area contributed by atoms with Crippen molar-refractivity contribution >= 4 is 0 Å². The average molecular weight is 159 g/mol. The number of hydrogen-bond donors (Lipinski definition) is 0. The lowest BCUT2D eigenvalue weighted by atomic mass is 10.2. The summed E-state index contributed by atoms with van der Waals surface area (Å²) in [6.45, 7) is 0. The van der Waals surface area contributed by atoms with Crippen molar-refractivity contribution in [3.63, 3.8) is 0 Å². The standard InChI is InChI=1S/C12H15/c1-2-4-6-8-10-12-11-9-7-5-3-1/h1-3,7-10H,4,6,11-12H2/b2-1+,5-3?,9-7+,10-8+. The van der Waals surface area contributed by atoms with Gasteiger partial charge in [0, 0.05) is 0 Å². The van der Waals surface area contributed by atoms with Gasteiger partial charge < -0.3 is 0 Å². The van der Waals surface area contributed by atoms with E-state index in [1.165, 1.54) is 0 Å². The molecule has 0 aromatic heterocycles. The molecule has 1 radical (unpaired) electrons. The van der Waals surface area contributed by atoms with Crippen LogP contribution in [0.5, 0.6) is 0 Å². The van der Waals surface area contributed by atoms with E-state index in [0.29, 0.717) is 0 Å². The maximum atomic E-state index is 3.09. The molecule has 1 aliphatic rings. The fraction of sp³-hybridized carbons (Fsp3) is 0.333. The SMILES string of the molecule is [C]1=C\C=C\CC/C=C/CC/C=C/1. The summed E-state index contributed by atoms with van der Waals surface area (Å²) in [5.74, 6) is 0. The molecule has 12 heavy (non-hydrogen) atoms. The quantitative estimate of drug-likeness (QED) is 0.474. The summed E-state index contributed by atoms with van der Waals surface area (Å²) in [4.78, 5) is 0. The van der Waals surface area contributed by atoms with Gasteiger partial charge in [0.1, 0.15) is 0 Å². The zero-order chi connectivity index (χ0) is 8.49. The maximum absolute atomic E-state index is 3.09. The van der Waals surface area contributed by atoms with E-state index in [4.69, 9.17) is 0 Å². The second-order valence-corrected chi connectivity index (χ2v) is 2.79. The Morgan fingerprint density at radius 2 is 1.42 bits per heavy atom. The van der Waals surface area contributed by atoms with Gasteiger partial charge in [-0.3, -0.25) is 0 Å². The van der Waals surface area contributed by atoms with Gasteiger partial charge in [0.25, 0.3) is 0 Å². The lowest BCUT2D eigenvalue weighted by Crippen LogP contribution is -1.68. The Bertz CT molecular complexity index is 182. The topological polar surface area (TPSA) is 0 Å². The first-order valence-corrected chi connectivity index (χ1v) is 4.54. The summed E-state index contributed by atoms with van der Waals surface area (Å²) in [5, 5.41) is 0. The van der Waals surface area contributed by atoms with E-state index in [2.05, 4.69) is 36.5 Å². The van der Waals surface area contributed by atoms with Gasteiger partial charge in [-0.25, -0.2) is 0 Å². The van der Waals surface area contributed by atoms with Crippen LogP contribution in [0.2, 0.25) is 0 Å². The van der Waals surface area contributed by atoms with E-state index in [0.717, 1.165) is 25.7 Å². The molecule has 0 saturated heterocycles. The minimum absolute atomic E-state index is 1.13. The van der Waals surface area contributed by atoms with Gasteiger partial charge in [0.2, 0.25) is 0 Å². The Balaban J connectivity index is 2.42. The molecule has 0 aliphatic heterocycles. The predicted octanol–water partition coefficient (Wildman–Crippen LogP) is 3.59. The van der Waals surface area contributed by atoms with Gasteiger partial charge >= 0.3 is 0 Å². The van der Waals surface area contributed by atoms with Crippen LogP contribution in [-0.2, 0) is 0 Å². The van der Waals surface area contributed by atoms with E-state index in [-0.39, 0.29) is 0 Å². The molecule has 0 atom stereocenters. The highest BCUT2D eigenvalue weighted by molar-refractivity contribution is 5.06. The average Bonchev–Trinajstić information content (AvgIpc) is 2.05. The lowest BCUT2D eigenvalue weighted by Gasteiger charge is -1.88. The summed E-state index contributed by atoms with van der Waals surface area (Å²) >= 11 is 0. The van der Waals surface area contributed by atoms with Crippen LogP contribution in [0.1, 0.15) is 25.7 Å². The molecule has 1 rings (SSSR count). The molecule has 0 fully saturated rings. The predicted molar refractivity (Wildman–Crippen MR) is 53.7 cm³/mol. The molecular formula is C12H15. The van der Waals surface area contributed by atoms with Gasteiger partial charge in [0.15, 0.2) is 0 Å². The van der Waals surface area contributed by atoms with Crippen LogP contribution in [-0.4, -0.2) is 0 Å². The van der Waals surface area contributed by atoms with Crippen LogP contribution in [0.4, 0.5) is 0 Å². The van der Waals surface area contributed by atoms with E-state index in [1.807, 2.05) is 12.2 Å². The van der Waals surface area contributed by atoms with Crippen LogP contribution >= 0.6 is 0 Å². The first-order chi connectivity index (χ1) is 6.00. The highest BCUT2D eigenvalue weighted by Gasteiger charge is 1.79. The van der Waals surface area contributed by atoms with Gasteiger partial charge in [-0.2, -0.15) is 0 Å². The number of rotatable bonds is 0. The Kier molecular flexibility index (Phi) is 5.02. The van der Waals surface area contributed by atoms with E-state index >= 15 is 0 Å². The Hall–Kier alpha value is -1.04. The van der Waals surface area contributed by atoms with Crippen molar-refractivity contribution in [2.45, 2.75) is 25.7 Å². The zero-order valence-corrected chi connectivity index (χ0v) is 7.37. The number of allylic oxidation sites excluding steroid dienone is 8. The third-order valence-electron chi connectivity index (χ3n) is 1.71. The van der Waals surface area contributed by atoms with Crippen LogP contribution in [0.3, 0.4) is 0 Å². The molecule has 0 spiro atoms. The largest absolute Gasteiger partial charge is 0.0882 e. The van der Waals surface area contributed by atoms with E-state index in [9.17, 15) is 0 Å². The third-order valence-corrected chi connectivity index (χ3v) is 1.71. The molecule has 0 amide bonds. The molecule has 0 aromatic rings. The smallest absolute Gasteiger partial charge is 0.0187 e. The monoisotopic (exact) mass is 159 g/mol. The molecule has 1 aliphatic carbocycles. The van der Waals surface area contributed by atoms with Crippen LogP contribution < -0.4 is 0 Å². The number of hydrogen-bond acceptors (Lipinski definition) is 0. The van der Waals surface area contributed by atoms with Gasteiger partial charge in [-0.1, -0.05) is 42.5 Å². The second kappa shape index (κ2) is 6.66. The summed E-state index contributed by atoms with van der Waals surface area (Å²) in [6.07, 6.45) is 22.5. The normalized spacial score (nSPS) is 29.3. The molecule has 0 N–H and O–H groups in total. The fourth-order valence-electron chi connectivity index (χ4n) is 1.05. The van der Waals surface area contributed by atoms with Crippen molar-refractivity contribution in [2.75, 3.05) is 0 Å². The van der Waals surface area contributed by atoms with Crippen molar-refractivity contribution in [2.24, 2.45) is 0 Å². The van der Waals surface area contributed by atoms with E-state index < -0.39 is 0 Å². The van der Waals surface area contributed by atoms with Crippen molar-refractivity contribution in [3.8, 4) is 0 Å². The molecule has 0 saturated carbocycles. The van der Waals surface area contributed by atoms with Crippen molar-refractivity contribution in [3.05, 3.63) is 48.6 Å². The molecule has 63 valence electrons. The highest BCUT2D eigenvalue weighted by atomic mass is 13.9. The fourth-order valence-corrected chi connectivity index (χ4v) is 1.05. The Labute approximate surface area is 75.0 Å². The molecule has 0 bridgehead atoms. The van der Waals surface area contributed by atoms with E-state index in [1.54, 1.807) is 0 Å². The molecule has 0 heterocycles. The molecule has 0 nitrogen and oxygen atoms in total. The zero-order valence-electron chi connectivity index (χ0n) is 7.37. The Morgan fingerprint density at radius 1 is 0.750 bits per heavy atom. The second-order valence-electron chi connectivity index (χ2n) is 2.79. The van der Waals surface area contributed by atoms with Crippen molar-refractivity contribution in [1.29, 1.82) is 0 Å². The first-order valence-electron chi connectivity index (χ1n) is 4.54. The van der Waals surface area contributed by atoms with Crippen molar-refractivity contribution < 1.29 is 0 Å². The van der Waals surface area contributed by atoms with Gasteiger partial charge in [-0.15, -0.1) is 0 Å². The lowest BCUT2D eigenvalue weighted by molar-refractivity contribution is 1.00. The van der Waals surface area contributed by atoms with Gasteiger partial charge in [0.05, 0.1) is 0 Å². The minimum Gasteiger partial charge on any atom is -0.0882 e. The van der Waals surface area contributed by atoms with Crippen LogP contribution in [0.25, 0.3) is 0 Å². The highest BCUT2D eigenvalue weighted by Crippen LogP contribution is 1.99. The summed E-state index contributed by atoms with van der Waals surface area (Å²) in [5.41, 5.74) is 0. The molecule has 0 aromatic carbocycles. The first kappa shape index (κ1) is 9.05.